The Morgan fingerprint density at radius 3 is 2.53 bits per heavy atom. The molecule has 0 unspecified atom stereocenters. The van der Waals surface area contributed by atoms with Crippen molar-refractivity contribution in [1.82, 2.24) is 20.6 Å². The number of hydrogen-bond acceptors (Lipinski definition) is 5. The summed E-state index contributed by atoms with van der Waals surface area (Å²) >= 11 is 6.13. The molecule has 0 aliphatic rings. The first kappa shape index (κ1) is 21.7. The molecule has 4 aromatic rings. The number of carbonyl (C=O) groups is 2. The molecule has 1 heterocycles. The number of carbonyl (C=O) groups excluding carboxylic acids is 2. The molecule has 0 fully saturated rings. The number of hydrogen-bond donors (Lipinski definition) is 3. The fourth-order valence-corrected chi connectivity index (χ4v) is 4.14. The first-order valence-electron chi connectivity index (χ1n) is 10.0. The number of nitrogens with one attached hydrogen (secondary N) is 3. The lowest BCUT2D eigenvalue weighted by atomic mass is 10.0. The summed E-state index contributed by atoms with van der Waals surface area (Å²) in [6.07, 6.45) is 0.839. The van der Waals surface area contributed by atoms with Gasteiger partial charge in [-0.05, 0) is 40.5 Å². The molecular formula is C23H21N5O2S2. The van der Waals surface area contributed by atoms with E-state index in [0.717, 1.165) is 33.2 Å². The third-order valence-electron chi connectivity index (χ3n) is 4.87. The SMILES string of the molecule is O=C(Nc1n[nH]c(=S)s1)NN(Cc1cccc2ccccc12)C(=O)CCc1ccccc1. The van der Waals surface area contributed by atoms with Crippen LogP contribution in [0, 0.1) is 3.95 Å². The number of aromatic nitrogens is 2. The number of H-pyrrole nitrogens is 1. The minimum Gasteiger partial charge on any atom is -0.281 e. The Hall–Kier alpha value is -3.56. The number of urea groups is 1. The predicted molar refractivity (Wildman–Crippen MR) is 129 cm³/mol. The second kappa shape index (κ2) is 10.2. The standard InChI is InChI=1S/C23H21N5O2S2/c29-20(14-13-16-7-2-1-3-8-16)28(27-21(30)24-22-25-26-23(31)32-22)15-18-11-6-10-17-9-4-5-12-19(17)18/h1-12H,13-15H2,(H,26,31)(H2,24,25,27,30). The molecule has 7 nitrogen and oxygen atoms in total. The third-order valence-corrected chi connectivity index (χ3v) is 5.88. The molecule has 9 heteroatoms. The van der Waals surface area contributed by atoms with Gasteiger partial charge in [0.25, 0.3) is 0 Å². The van der Waals surface area contributed by atoms with Crippen molar-refractivity contribution >= 4 is 51.4 Å². The van der Waals surface area contributed by atoms with Crippen LogP contribution in [0.25, 0.3) is 10.8 Å². The van der Waals surface area contributed by atoms with Gasteiger partial charge in [0.05, 0.1) is 6.54 Å². The number of amides is 3. The molecule has 0 spiro atoms. The third kappa shape index (κ3) is 5.57. The van der Waals surface area contributed by atoms with Crippen molar-refractivity contribution < 1.29 is 9.59 Å². The molecule has 0 bridgehead atoms. The summed E-state index contributed by atoms with van der Waals surface area (Å²) < 4.78 is 0.451. The van der Waals surface area contributed by atoms with Crippen LogP contribution in [0.15, 0.2) is 72.8 Å². The first-order valence-corrected chi connectivity index (χ1v) is 11.2. The molecule has 3 N–H and O–H groups in total. The summed E-state index contributed by atoms with van der Waals surface area (Å²) in [6, 6.07) is 23.1. The fraction of sp³-hybridized carbons (Fsp3) is 0.130. The van der Waals surface area contributed by atoms with Crippen molar-refractivity contribution in [2.75, 3.05) is 5.32 Å². The summed E-state index contributed by atoms with van der Waals surface area (Å²) in [5, 5.41) is 12.9. The molecule has 3 aromatic carbocycles. The van der Waals surface area contributed by atoms with E-state index in [0.29, 0.717) is 15.5 Å². The maximum absolute atomic E-state index is 13.1. The number of anilines is 1. The minimum absolute atomic E-state index is 0.188. The van der Waals surface area contributed by atoms with Crippen molar-refractivity contribution in [3.63, 3.8) is 0 Å². The maximum Gasteiger partial charge on any atom is 0.339 e. The first-order chi connectivity index (χ1) is 15.6. The van der Waals surface area contributed by atoms with Gasteiger partial charge >= 0.3 is 6.03 Å². The fourth-order valence-electron chi connectivity index (χ4n) is 3.35. The molecule has 0 radical (unpaired) electrons. The van der Waals surface area contributed by atoms with Crippen LogP contribution in [0.3, 0.4) is 0 Å². The zero-order valence-electron chi connectivity index (χ0n) is 17.1. The Labute approximate surface area is 194 Å². The van der Waals surface area contributed by atoms with E-state index < -0.39 is 6.03 Å². The van der Waals surface area contributed by atoms with Gasteiger partial charge in [0.1, 0.15) is 0 Å². The average Bonchev–Trinajstić information content (AvgIpc) is 3.22. The lowest BCUT2D eigenvalue weighted by Crippen LogP contribution is -2.47. The molecule has 0 aliphatic heterocycles. The number of fused-ring (bicyclic) bond motifs is 1. The van der Waals surface area contributed by atoms with Crippen molar-refractivity contribution in [2.24, 2.45) is 0 Å². The number of aryl methyl sites for hydroxylation is 1. The van der Waals surface area contributed by atoms with Crippen molar-refractivity contribution in [2.45, 2.75) is 19.4 Å². The molecule has 4 rings (SSSR count). The second-order valence-electron chi connectivity index (χ2n) is 7.09. The van der Waals surface area contributed by atoms with Crippen LogP contribution in [0.1, 0.15) is 17.5 Å². The largest absolute Gasteiger partial charge is 0.339 e. The van der Waals surface area contributed by atoms with Gasteiger partial charge in [0.15, 0.2) is 3.95 Å². The topological polar surface area (TPSA) is 90.1 Å². The highest BCUT2D eigenvalue weighted by molar-refractivity contribution is 7.73. The van der Waals surface area contributed by atoms with Crippen molar-refractivity contribution in [1.29, 1.82) is 0 Å². The summed E-state index contributed by atoms with van der Waals surface area (Å²) in [6.45, 7) is 0.235. The van der Waals surface area contributed by atoms with E-state index in [1.807, 2.05) is 72.8 Å². The summed E-state index contributed by atoms with van der Waals surface area (Å²) in [5.74, 6) is -0.188. The van der Waals surface area contributed by atoms with Gasteiger partial charge in [-0.25, -0.2) is 15.2 Å². The van der Waals surface area contributed by atoms with E-state index in [1.54, 1.807) is 0 Å². The normalized spacial score (nSPS) is 10.6. The monoisotopic (exact) mass is 463 g/mol. The van der Waals surface area contributed by atoms with Crippen LogP contribution in [0.5, 0.6) is 0 Å². The van der Waals surface area contributed by atoms with Crippen LogP contribution in [0.2, 0.25) is 0 Å². The quantitative estimate of drug-likeness (QED) is 0.276. The number of hydrazine groups is 1. The van der Waals surface area contributed by atoms with Crippen molar-refractivity contribution in [3.05, 3.63) is 87.9 Å². The Balaban J connectivity index is 1.52. The van der Waals surface area contributed by atoms with E-state index in [4.69, 9.17) is 12.2 Å². The Bertz CT molecular complexity index is 1280. The molecule has 0 saturated heterocycles. The van der Waals surface area contributed by atoms with Gasteiger partial charge in [0, 0.05) is 6.42 Å². The van der Waals surface area contributed by atoms with Crippen LogP contribution in [0.4, 0.5) is 9.93 Å². The van der Waals surface area contributed by atoms with Gasteiger partial charge in [-0.1, -0.05) is 84.1 Å². The van der Waals surface area contributed by atoms with E-state index >= 15 is 0 Å². The lowest BCUT2D eigenvalue weighted by molar-refractivity contribution is -0.134. The second-order valence-corrected chi connectivity index (χ2v) is 8.75. The average molecular weight is 464 g/mol. The molecule has 0 aliphatic carbocycles. The molecule has 32 heavy (non-hydrogen) atoms. The smallest absolute Gasteiger partial charge is 0.281 e. The van der Waals surface area contributed by atoms with Crippen LogP contribution < -0.4 is 10.7 Å². The Morgan fingerprint density at radius 1 is 1.00 bits per heavy atom. The van der Waals surface area contributed by atoms with Crippen LogP contribution >= 0.6 is 23.6 Å². The van der Waals surface area contributed by atoms with E-state index in [-0.39, 0.29) is 18.9 Å². The van der Waals surface area contributed by atoms with Crippen LogP contribution in [-0.2, 0) is 17.8 Å². The zero-order valence-corrected chi connectivity index (χ0v) is 18.7. The van der Waals surface area contributed by atoms with Crippen LogP contribution in [-0.4, -0.2) is 27.1 Å². The number of nitrogens with zero attached hydrogens (tertiary/aromatic N) is 2. The van der Waals surface area contributed by atoms with Gasteiger partial charge < -0.3 is 0 Å². The van der Waals surface area contributed by atoms with Gasteiger partial charge in [0.2, 0.25) is 11.0 Å². The molecule has 1 aromatic heterocycles. The summed E-state index contributed by atoms with van der Waals surface area (Å²) in [4.78, 5) is 25.7. The van der Waals surface area contributed by atoms with Gasteiger partial charge in [-0.15, -0.1) is 5.10 Å². The molecule has 0 atom stereocenters. The molecule has 162 valence electrons. The number of aromatic amines is 1. The number of benzene rings is 3. The minimum atomic E-state index is -0.559. The number of rotatable bonds is 6. The molecular weight excluding hydrogens is 442 g/mol. The zero-order chi connectivity index (χ0) is 22.3. The van der Waals surface area contributed by atoms with Gasteiger partial charge in [-0.3, -0.25) is 15.2 Å². The highest BCUT2D eigenvalue weighted by Crippen LogP contribution is 2.20. The van der Waals surface area contributed by atoms with Crippen molar-refractivity contribution in [3.8, 4) is 0 Å². The summed E-state index contributed by atoms with van der Waals surface area (Å²) in [5.41, 5.74) is 4.68. The molecule has 3 amide bonds. The van der Waals surface area contributed by atoms with E-state index in [2.05, 4.69) is 20.9 Å². The summed E-state index contributed by atoms with van der Waals surface area (Å²) in [7, 11) is 0. The maximum atomic E-state index is 13.1. The highest BCUT2D eigenvalue weighted by Gasteiger charge is 2.18. The highest BCUT2D eigenvalue weighted by atomic mass is 32.1. The Kier molecular flexibility index (Phi) is 6.88. The van der Waals surface area contributed by atoms with Gasteiger partial charge in [-0.2, -0.15) is 0 Å². The predicted octanol–water partition coefficient (Wildman–Crippen LogP) is 5.05. The van der Waals surface area contributed by atoms with E-state index in [1.165, 1.54) is 5.01 Å². The van der Waals surface area contributed by atoms with E-state index in [9.17, 15) is 9.59 Å². The molecule has 0 saturated carbocycles. The Morgan fingerprint density at radius 2 is 1.75 bits per heavy atom. The lowest BCUT2D eigenvalue weighted by Gasteiger charge is -2.24.